The van der Waals surface area contributed by atoms with Gasteiger partial charge >= 0.3 is 0 Å². The number of thiazole rings is 1. The molecule has 28 heavy (non-hydrogen) atoms. The quantitative estimate of drug-likeness (QED) is 0.850. The van der Waals surface area contributed by atoms with Gasteiger partial charge in [0.05, 0.1) is 35.3 Å². The Balaban J connectivity index is 1.44. The van der Waals surface area contributed by atoms with Gasteiger partial charge in [-0.1, -0.05) is 11.3 Å². The Bertz CT molecular complexity index is 882. The number of anilines is 2. The third-order valence-electron chi connectivity index (χ3n) is 4.92. The van der Waals surface area contributed by atoms with Crippen LogP contribution in [0.2, 0.25) is 0 Å². The normalized spacial score (nSPS) is 17.9. The van der Waals surface area contributed by atoms with Gasteiger partial charge in [0.1, 0.15) is 5.82 Å². The zero-order valence-corrected chi connectivity index (χ0v) is 17.3. The average molecular weight is 400 g/mol. The maximum Gasteiger partial charge on any atom is 0.273 e. The Labute approximate surface area is 169 Å². The van der Waals surface area contributed by atoms with Crippen LogP contribution < -0.4 is 15.0 Å². The van der Waals surface area contributed by atoms with Crippen LogP contribution in [0.3, 0.4) is 0 Å². The minimum atomic E-state index is 0.591. The summed E-state index contributed by atoms with van der Waals surface area (Å²) in [6, 6.07) is 4.09. The molecule has 2 aromatic rings. The molecule has 0 radical (unpaired) electrons. The molecule has 0 aliphatic carbocycles. The van der Waals surface area contributed by atoms with Crippen molar-refractivity contribution < 1.29 is 4.74 Å². The van der Waals surface area contributed by atoms with Gasteiger partial charge in [-0.05, 0) is 26.1 Å². The molecule has 2 aromatic heterocycles. The molecule has 1 fully saturated rings. The molecular weight excluding hydrogens is 374 g/mol. The fraction of sp³-hybridized carbons (Fsp3) is 0.474. The van der Waals surface area contributed by atoms with Gasteiger partial charge < -0.3 is 19.9 Å². The molecule has 9 heteroatoms. The van der Waals surface area contributed by atoms with Gasteiger partial charge in [0.15, 0.2) is 0 Å². The highest BCUT2D eigenvalue weighted by molar-refractivity contribution is 7.15. The van der Waals surface area contributed by atoms with E-state index in [0.29, 0.717) is 17.7 Å². The molecule has 0 unspecified atom stereocenters. The van der Waals surface area contributed by atoms with Crippen LogP contribution in [-0.2, 0) is 0 Å². The van der Waals surface area contributed by atoms with Crippen LogP contribution in [0.5, 0.6) is 5.19 Å². The molecule has 1 saturated heterocycles. The SMILES string of the molecule is COc1nc(C)c(C2=NC(Nc3ccc(N4CCN(C)CC4)cn3)=NCC2)s1. The summed E-state index contributed by atoms with van der Waals surface area (Å²) in [5.74, 6) is 1.34. The summed E-state index contributed by atoms with van der Waals surface area (Å²) in [5.41, 5.74) is 3.09. The van der Waals surface area contributed by atoms with Crippen molar-refractivity contribution in [1.82, 2.24) is 14.9 Å². The molecule has 0 amide bonds. The monoisotopic (exact) mass is 399 g/mol. The molecule has 8 nitrogen and oxygen atoms in total. The molecule has 2 aliphatic rings. The second-order valence-electron chi connectivity index (χ2n) is 6.93. The first-order chi connectivity index (χ1) is 13.6. The Hall–Kier alpha value is -2.52. The number of piperazine rings is 1. The Morgan fingerprint density at radius 2 is 2.00 bits per heavy atom. The number of aliphatic imine (C=N–C) groups is 2. The van der Waals surface area contributed by atoms with Crippen molar-refractivity contribution >= 4 is 34.5 Å². The zero-order valence-electron chi connectivity index (χ0n) is 16.5. The predicted molar refractivity (Wildman–Crippen MR) is 114 cm³/mol. The van der Waals surface area contributed by atoms with Crippen molar-refractivity contribution in [2.24, 2.45) is 9.98 Å². The lowest BCUT2D eigenvalue weighted by molar-refractivity contribution is 0.313. The molecule has 0 aromatic carbocycles. The van der Waals surface area contributed by atoms with E-state index in [1.54, 1.807) is 7.11 Å². The minimum absolute atomic E-state index is 0.591. The summed E-state index contributed by atoms with van der Waals surface area (Å²) in [5, 5.41) is 3.90. The van der Waals surface area contributed by atoms with Gasteiger partial charge in [0.2, 0.25) is 5.96 Å². The van der Waals surface area contributed by atoms with E-state index < -0.39 is 0 Å². The molecule has 1 N–H and O–H groups in total. The lowest BCUT2D eigenvalue weighted by Crippen LogP contribution is -2.44. The van der Waals surface area contributed by atoms with Crippen LogP contribution in [0.4, 0.5) is 11.5 Å². The Morgan fingerprint density at radius 3 is 2.68 bits per heavy atom. The summed E-state index contributed by atoms with van der Waals surface area (Å²) in [4.78, 5) is 23.9. The highest BCUT2D eigenvalue weighted by Crippen LogP contribution is 2.27. The van der Waals surface area contributed by atoms with Crippen LogP contribution >= 0.6 is 11.3 Å². The van der Waals surface area contributed by atoms with Gasteiger partial charge in [0.25, 0.3) is 5.19 Å². The number of aromatic nitrogens is 2. The third-order valence-corrected chi connectivity index (χ3v) is 6.09. The second kappa shape index (κ2) is 8.24. The van der Waals surface area contributed by atoms with E-state index in [9.17, 15) is 0 Å². The summed E-state index contributed by atoms with van der Waals surface area (Å²) >= 11 is 1.52. The van der Waals surface area contributed by atoms with E-state index in [1.165, 1.54) is 11.3 Å². The molecule has 148 valence electrons. The van der Waals surface area contributed by atoms with Crippen molar-refractivity contribution in [2.75, 3.05) is 57.1 Å². The van der Waals surface area contributed by atoms with Crippen molar-refractivity contribution in [3.05, 3.63) is 28.9 Å². The fourth-order valence-corrected chi connectivity index (χ4v) is 4.17. The lowest BCUT2D eigenvalue weighted by atomic mass is 10.2. The highest BCUT2D eigenvalue weighted by Gasteiger charge is 2.18. The number of aryl methyl sites for hydroxylation is 1. The van der Waals surface area contributed by atoms with Crippen molar-refractivity contribution in [3.8, 4) is 5.19 Å². The van der Waals surface area contributed by atoms with Crippen LogP contribution in [0.15, 0.2) is 28.3 Å². The van der Waals surface area contributed by atoms with Crippen LogP contribution in [0.25, 0.3) is 0 Å². The van der Waals surface area contributed by atoms with Crippen LogP contribution in [-0.4, -0.2) is 73.4 Å². The van der Waals surface area contributed by atoms with Gasteiger partial charge in [-0.2, -0.15) is 0 Å². The minimum Gasteiger partial charge on any atom is -0.473 e. The largest absolute Gasteiger partial charge is 0.473 e. The van der Waals surface area contributed by atoms with E-state index in [4.69, 9.17) is 9.73 Å². The van der Waals surface area contributed by atoms with Gasteiger partial charge in [-0.3, -0.25) is 4.99 Å². The van der Waals surface area contributed by atoms with E-state index >= 15 is 0 Å². The summed E-state index contributed by atoms with van der Waals surface area (Å²) in [7, 11) is 3.79. The molecule has 0 atom stereocenters. The average Bonchev–Trinajstić information content (AvgIpc) is 3.10. The number of ether oxygens (including phenoxy) is 1. The Kier molecular flexibility index (Phi) is 5.54. The fourth-order valence-electron chi connectivity index (χ4n) is 3.27. The number of nitrogens with one attached hydrogen (secondary N) is 1. The van der Waals surface area contributed by atoms with Crippen LogP contribution in [0, 0.1) is 6.92 Å². The second-order valence-corrected chi connectivity index (χ2v) is 7.89. The van der Waals surface area contributed by atoms with Crippen molar-refractivity contribution in [1.29, 1.82) is 0 Å². The van der Waals surface area contributed by atoms with Gasteiger partial charge in [-0.15, -0.1) is 0 Å². The van der Waals surface area contributed by atoms with Gasteiger partial charge in [0, 0.05) is 39.1 Å². The number of hydrogen-bond acceptors (Lipinski definition) is 9. The summed E-state index contributed by atoms with van der Waals surface area (Å²) in [6.07, 6.45) is 2.72. The summed E-state index contributed by atoms with van der Waals surface area (Å²) in [6.45, 7) is 6.90. The third kappa shape index (κ3) is 4.15. The lowest BCUT2D eigenvalue weighted by Gasteiger charge is -2.33. The molecule has 0 bridgehead atoms. The van der Waals surface area contributed by atoms with Crippen LogP contribution in [0.1, 0.15) is 17.0 Å². The van der Waals surface area contributed by atoms with E-state index in [1.807, 2.05) is 19.2 Å². The van der Waals surface area contributed by atoms with E-state index in [2.05, 4.69) is 43.2 Å². The first kappa shape index (κ1) is 18.8. The maximum absolute atomic E-state index is 5.25. The van der Waals surface area contributed by atoms with E-state index in [-0.39, 0.29) is 0 Å². The first-order valence-corrected chi connectivity index (χ1v) is 10.2. The number of nitrogens with zero attached hydrogens (tertiary/aromatic N) is 6. The zero-order chi connectivity index (χ0) is 19.5. The van der Waals surface area contributed by atoms with E-state index in [0.717, 1.165) is 60.4 Å². The molecule has 2 aliphatic heterocycles. The predicted octanol–water partition coefficient (Wildman–Crippen LogP) is 2.27. The number of rotatable bonds is 4. The highest BCUT2D eigenvalue weighted by atomic mass is 32.1. The molecule has 4 rings (SSSR count). The smallest absolute Gasteiger partial charge is 0.273 e. The molecular formula is C19H25N7OS. The number of hydrogen-bond donors (Lipinski definition) is 1. The Morgan fingerprint density at radius 1 is 1.18 bits per heavy atom. The first-order valence-electron chi connectivity index (χ1n) is 9.43. The molecule has 4 heterocycles. The molecule has 0 spiro atoms. The van der Waals surface area contributed by atoms with Crippen molar-refractivity contribution in [2.45, 2.75) is 13.3 Å². The molecule has 0 saturated carbocycles. The number of pyridine rings is 1. The maximum atomic E-state index is 5.25. The number of likely N-dealkylation sites (N-methyl/N-ethyl adjacent to an activating group) is 1. The number of guanidine groups is 1. The van der Waals surface area contributed by atoms with Crippen molar-refractivity contribution in [3.63, 3.8) is 0 Å². The number of methoxy groups -OCH3 is 1. The van der Waals surface area contributed by atoms with Gasteiger partial charge in [-0.25, -0.2) is 15.0 Å². The standard InChI is InChI=1S/C19H25N7OS/c1-13-17(28-19(22-13)27-3)15-6-7-20-18(23-15)24-16-5-4-14(12-21-16)26-10-8-25(2)9-11-26/h4-5,12H,6-11H2,1-3H3,(H,20,21,24). The topological polar surface area (TPSA) is 78.2 Å². The summed E-state index contributed by atoms with van der Waals surface area (Å²) < 4.78 is 5.25.